The Bertz CT molecular complexity index is 1010. The number of carbonyl (C=O) groups is 2. The molecule has 1 atom stereocenters. The van der Waals surface area contributed by atoms with E-state index >= 15 is 0 Å². The molecule has 9 heteroatoms. The van der Waals surface area contributed by atoms with Crippen LogP contribution in [-0.2, 0) is 14.3 Å². The van der Waals surface area contributed by atoms with Gasteiger partial charge < -0.3 is 19.1 Å². The predicted octanol–water partition coefficient (Wildman–Crippen LogP) is 2.63. The maximum atomic E-state index is 13.5. The molecular weight excluding hydrogens is 417 g/mol. The fourth-order valence-corrected chi connectivity index (χ4v) is 3.48. The number of methoxy groups -OCH3 is 3. The molecule has 2 aromatic rings. The van der Waals surface area contributed by atoms with E-state index in [2.05, 4.69) is 5.10 Å². The SMILES string of the molecule is COCC(=O)N(C)CC(=O)N1N=C(c2ccc(OC)cc2OC)CC1c1ccc(F)cc1. The minimum absolute atomic E-state index is 0.122. The van der Waals surface area contributed by atoms with Crippen LogP contribution < -0.4 is 9.47 Å². The van der Waals surface area contributed by atoms with E-state index in [1.807, 2.05) is 6.07 Å². The van der Waals surface area contributed by atoms with E-state index in [0.29, 0.717) is 23.6 Å². The maximum absolute atomic E-state index is 13.5. The fourth-order valence-electron chi connectivity index (χ4n) is 3.48. The summed E-state index contributed by atoms with van der Waals surface area (Å²) in [7, 11) is 6.05. The van der Waals surface area contributed by atoms with Crippen LogP contribution in [0.1, 0.15) is 23.6 Å². The third-order valence-electron chi connectivity index (χ3n) is 5.21. The van der Waals surface area contributed by atoms with Crippen LogP contribution in [-0.4, -0.2) is 69.0 Å². The van der Waals surface area contributed by atoms with Crippen LogP contribution in [0.4, 0.5) is 4.39 Å². The van der Waals surface area contributed by atoms with Gasteiger partial charge in [-0.15, -0.1) is 0 Å². The lowest BCUT2D eigenvalue weighted by molar-refractivity contribution is -0.142. The van der Waals surface area contributed by atoms with Crippen LogP contribution >= 0.6 is 0 Å². The summed E-state index contributed by atoms with van der Waals surface area (Å²) >= 11 is 0. The summed E-state index contributed by atoms with van der Waals surface area (Å²) in [6.07, 6.45) is 0.399. The van der Waals surface area contributed by atoms with Gasteiger partial charge in [-0.1, -0.05) is 12.1 Å². The van der Waals surface area contributed by atoms with Crippen LogP contribution in [0.25, 0.3) is 0 Å². The van der Waals surface area contributed by atoms with E-state index < -0.39 is 6.04 Å². The molecule has 1 unspecified atom stereocenters. The Morgan fingerprint density at radius 2 is 1.84 bits per heavy atom. The van der Waals surface area contributed by atoms with E-state index in [-0.39, 0.29) is 30.8 Å². The van der Waals surface area contributed by atoms with E-state index in [0.717, 1.165) is 11.1 Å². The van der Waals surface area contributed by atoms with Crippen molar-refractivity contribution in [2.24, 2.45) is 5.10 Å². The minimum atomic E-state index is -0.448. The second-order valence-electron chi connectivity index (χ2n) is 7.31. The van der Waals surface area contributed by atoms with E-state index in [1.165, 1.54) is 36.2 Å². The van der Waals surface area contributed by atoms with Crippen LogP contribution in [0.5, 0.6) is 11.5 Å². The van der Waals surface area contributed by atoms with Gasteiger partial charge >= 0.3 is 0 Å². The van der Waals surface area contributed by atoms with Gasteiger partial charge in [0.1, 0.15) is 30.5 Å². The van der Waals surface area contributed by atoms with E-state index in [4.69, 9.17) is 14.2 Å². The first-order valence-electron chi connectivity index (χ1n) is 9.98. The first-order valence-corrected chi connectivity index (χ1v) is 9.98. The number of ether oxygens (including phenoxy) is 3. The van der Waals surface area contributed by atoms with Crippen molar-refractivity contribution in [2.75, 3.05) is 41.5 Å². The number of halogens is 1. The van der Waals surface area contributed by atoms with Crippen LogP contribution in [0, 0.1) is 5.82 Å². The monoisotopic (exact) mass is 443 g/mol. The smallest absolute Gasteiger partial charge is 0.262 e. The summed E-state index contributed by atoms with van der Waals surface area (Å²) in [5.41, 5.74) is 2.09. The van der Waals surface area contributed by atoms with Gasteiger partial charge in [0.2, 0.25) is 5.91 Å². The molecule has 3 rings (SSSR count). The number of benzene rings is 2. The first kappa shape index (κ1) is 23.2. The molecule has 2 amide bonds. The van der Waals surface area contributed by atoms with Gasteiger partial charge in [0.15, 0.2) is 0 Å². The number of nitrogens with zero attached hydrogens (tertiary/aromatic N) is 3. The highest BCUT2D eigenvalue weighted by atomic mass is 19.1. The standard InChI is InChI=1S/C23H26FN3O5/c1-26(23(29)14-30-2)13-22(28)27-20(15-5-7-16(24)8-6-15)12-19(25-27)18-10-9-17(31-3)11-21(18)32-4/h5-11,20H,12-14H2,1-4H3. The van der Waals surface area contributed by atoms with Gasteiger partial charge in [-0.2, -0.15) is 5.10 Å². The van der Waals surface area contributed by atoms with Crippen LogP contribution in [0.15, 0.2) is 47.6 Å². The second-order valence-corrected chi connectivity index (χ2v) is 7.31. The van der Waals surface area contributed by atoms with Crippen molar-refractivity contribution in [3.63, 3.8) is 0 Å². The molecule has 0 radical (unpaired) electrons. The van der Waals surface area contributed by atoms with Gasteiger partial charge in [0.05, 0.1) is 26.0 Å². The van der Waals surface area contributed by atoms with Gasteiger partial charge in [-0.05, 0) is 29.8 Å². The molecule has 0 saturated carbocycles. The van der Waals surface area contributed by atoms with Gasteiger partial charge in [0, 0.05) is 32.2 Å². The molecule has 8 nitrogen and oxygen atoms in total. The molecule has 0 saturated heterocycles. The highest BCUT2D eigenvalue weighted by Gasteiger charge is 2.34. The molecule has 170 valence electrons. The number of likely N-dealkylation sites (N-methyl/N-ethyl adjacent to an activating group) is 1. The molecule has 0 aliphatic carbocycles. The number of hydrogen-bond donors (Lipinski definition) is 0. The van der Waals surface area contributed by atoms with E-state index in [1.54, 1.807) is 38.5 Å². The van der Waals surface area contributed by atoms with Crippen molar-refractivity contribution in [1.29, 1.82) is 0 Å². The third-order valence-corrected chi connectivity index (χ3v) is 5.21. The summed E-state index contributed by atoms with van der Waals surface area (Å²) in [6, 6.07) is 10.8. The summed E-state index contributed by atoms with van der Waals surface area (Å²) in [5.74, 6) is 0.133. The minimum Gasteiger partial charge on any atom is -0.497 e. The summed E-state index contributed by atoms with van der Waals surface area (Å²) in [6.45, 7) is -0.293. The largest absolute Gasteiger partial charge is 0.497 e. The van der Waals surface area contributed by atoms with Crippen molar-refractivity contribution in [1.82, 2.24) is 9.91 Å². The lowest BCUT2D eigenvalue weighted by Gasteiger charge is -2.24. The van der Waals surface area contributed by atoms with Gasteiger partial charge in [-0.25, -0.2) is 9.40 Å². The fraction of sp³-hybridized carbons (Fsp3) is 0.348. The van der Waals surface area contributed by atoms with Crippen molar-refractivity contribution in [3.05, 3.63) is 59.4 Å². The molecule has 0 aromatic heterocycles. The first-order chi connectivity index (χ1) is 15.4. The highest BCUT2D eigenvalue weighted by molar-refractivity contribution is 6.05. The van der Waals surface area contributed by atoms with Crippen LogP contribution in [0.3, 0.4) is 0 Å². The molecule has 0 bridgehead atoms. The number of hydrazone groups is 1. The highest BCUT2D eigenvalue weighted by Crippen LogP contribution is 2.36. The normalized spacial score (nSPS) is 15.3. The van der Waals surface area contributed by atoms with Crippen LogP contribution in [0.2, 0.25) is 0 Å². The molecular formula is C23H26FN3O5. The second kappa shape index (κ2) is 10.2. The predicted molar refractivity (Wildman–Crippen MR) is 116 cm³/mol. The summed E-state index contributed by atoms with van der Waals surface area (Å²) < 4.78 is 29.1. The molecule has 1 aliphatic heterocycles. The zero-order chi connectivity index (χ0) is 23.3. The lowest BCUT2D eigenvalue weighted by atomic mass is 9.97. The molecule has 1 heterocycles. The zero-order valence-electron chi connectivity index (χ0n) is 18.5. The molecule has 2 aromatic carbocycles. The maximum Gasteiger partial charge on any atom is 0.262 e. The Balaban J connectivity index is 1.94. The van der Waals surface area contributed by atoms with Crippen molar-refractivity contribution >= 4 is 17.5 Å². The Labute approximate surface area is 186 Å². The van der Waals surface area contributed by atoms with Gasteiger partial charge in [0.25, 0.3) is 5.91 Å². The topological polar surface area (TPSA) is 80.7 Å². The summed E-state index contributed by atoms with van der Waals surface area (Å²) in [4.78, 5) is 26.4. The average Bonchev–Trinajstić information content (AvgIpc) is 3.24. The van der Waals surface area contributed by atoms with Crippen molar-refractivity contribution < 1.29 is 28.2 Å². The molecule has 0 spiro atoms. The number of rotatable bonds is 8. The molecule has 0 N–H and O–H groups in total. The van der Waals surface area contributed by atoms with Crippen molar-refractivity contribution in [3.8, 4) is 11.5 Å². The van der Waals surface area contributed by atoms with E-state index in [9.17, 15) is 14.0 Å². The van der Waals surface area contributed by atoms with Crippen molar-refractivity contribution in [2.45, 2.75) is 12.5 Å². The van der Waals surface area contributed by atoms with Gasteiger partial charge in [-0.3, -0.25) is 9.59 Å². The molecule has 32 heavy (non-hydrogen) atoms. The Morgan fingerprint density at radius 3 is 2.47 bits per heavy atom. The third kappa shape index (κ3) is 5.05. The Kier molecular flexibility index (Phi) is 7.42. The quantitative estimate of drug-likeness (QED) is 0.627. The Morgan fingerprint density at radius 1 is 1.12 bits per heavy atom. The number of hydrogen-bond acceptors (Lipinski definition) is 6. The number of amides is 2. The molecule has 0 fully saturated rings. The summed E-state index contributed by atoms with van der Waals surface area (Å²) in [5, 5.41) is 5.93. The number of carbonyl (C=O) groups excluding carboxylic acids is 2. The molecule has 1 aliphatic rings. The lowest BCUT2D eigenvalue weighted by Crippen LogP contribution is -2.40. The Hall–Kier alpha value is -3.46. The average molecular weight is 443 g/mol. The zero-order valence-corrected chi connectivity index (χ0v) is 18.5.